The maximum atomic E-state index is 5.76. The smallest absolute Gasteiger partial charge is 0.168 e. The molecule has 0 amide bonds. The van der Waals surface area contributed by atoms with E-state index in [2.05, 4.69) is 46.2 Å². The second kappa shape index (κ2) is 7.68. The van der Waals surface area contributed by atoms with Crippen LogP contribution in [-0.2, 0) is 11.3 Å². The molecule has 2 fully saturated rings. The highest BCUT2D eigenvalue weighted by molar-refractivity contribution is 4.96. The molecule has 2 aliphatic rings. The Morgan fingerprint density at radius 2 is 2.00 bits per heavy atom. The quantitative estimate of drug-likeness (QED) is 0.784. The van der Waals surface area contributed by atoms with Crippen molar-refractivity contribution in [3.8, 4) is 0 Å². The number of rotatable bonds is 6. The molecule has 0 N–H and O–H groups in total. The van der Waals surface area contributed by atoms with Gasteiger partial charge in [0.15, 0.2) is 5.82 Å². The molecule has 3 heterocycles. The van der Waals surface area contributed by atoms with Gasteiger partial charge in [-0.3, -0.25) is 4.90 Å². The molecule has 0 saturated carbocycles. The molecule has 0 bridgehead atoms. The molecule has 2 atom stereocenters. The Bertz CT molecular complexity index is 477. The minimum absolute atomic E-state index is 0.268. The lowest BCUT2D eigenvalue weighted by Gasteiger charge is -2.38. The SMILES string of the molecule is CC(C)C[C@@H](c1nnnn1C[C@@H]1CCCO1)N1CCN(C)CC1. The van der Waals surface area contributed by atoms with E-state index in [4.69, 9.17) is 4.74 Å². The largest absolute Gasteiger partial charge is 0.376 e. The van der Waals surface area contributed by atoms with Crippen molar-refractivity contribution < 1.29 is 4.74 Å². The van der Waals surface area contributed by atoms with Crippen LogP contribution in [0, 0.1) is 5.92 Å². The average Bonchev–Trinajstić information content (AvgIpc) is 3.18. The van der Waals surface area contributed by atoms with Gasteiger partial charge in [0.25, 0.3) is 0 Å². The van der Waals surface area contributed by atoms with Crippen LogP contribution in [0.3, 0.4) is 0 Å². The van der Waals surface area contributed by atoms with Crippen molar-refractivity contribution in [3.63, 3.8) is 0 Å². The molecule has 3 rings (SSSR count). The van der Waals surface area contributed by atoms with Crippen molar-refractivity contribution in [2.45, 2.75) is 51.8 Å². The lowest BCUT2D eigenvalue weighted by atomic mass is 10.0. The van der Waals surface area contributed by atoms with E-state index in [0.717, 1.165) is 64.4 Å². The van der Waals surface area contributed by atoms with Crippen molar-refractivity contribution in [2.24, 2.45) is 5.92 Å². The molecule has 0 unspecified atom stereocenters. The summed E-state index contributed by atoms with van der Waals surface area (Å²) >= 11 is 0. The number of nitrogens with zero attached hydrogens (tertiary/aromatic N) is 6. The summed E-state index contributed by atoms with van der Waals surface area (Å²) in [5.74, 6) is 1.63. The van der Waals surface area contributed by atoms with Gasteiger partial charge in [0.05, 0.1) is 18.7 Å². The first-order valence-corrected chi connectivity index (χ1v) is 8.93. The van der Waals surface area contributed by atoms with Gasteiger partial charge in [-0.1, -0.05) is 13.8 Å². The lowest BCUT2D eigenvalue weighted by Crippen LogP contribution is -2.46. The summed E-state index contributed by atoms with van der Waals surface area (Å²) in [5.41, 5.74) is 0. The van der Waals surface area contributed by atoms with Gasteiger partial charge in [0.2, 0.25) is 0 Å². The molecule has 1 aromatic rings. The first kappa shape index (κ1) is 16.8. The number of hydrogen-bond donors (Lipinski definition) is 0. The van der Waals surface area contributed by atoms with Crippen molar-refractivity contribution in [1.29, 1.82) is 0 Å². The Morgan fingerprint density at radius 1 is 1.22 bits per heavy atom. The molecule has 7 nitrogen and oxygen atoms in total. The highest BCUT2D eigenvalue weighted by Gasteiger charge is 2.30. The summed E-state index contributed by atoms with van der Waals surface area (Å²) in [6.45, 7) is 10.6. The summed E-state index contributed by atoms with van der Waals surface area (Å²) < 4.78 is 7.75. The first-order chi connectivity index (χ1) is 11.1. The molecule has 2 aliphatic heterocycles. The van der Waals surface area contributed by atoms with E-state index in [9.17, 15) is 0 Å². The van der Waals surface area contributed by atoms with Crippen molar-refractivity contribution in [3.05, 3.63) is 5.82 Å². The minimum atomic E-state index is 0.268. The fraction of sp³-hybridized carbons (Fsp3) is 0.938. The summed E-state index contributed by atoms with van der Waals surface area (Å²) in [5, 5.41) is 12.6. The van der Waals surface area contributed by atoms with E-state index < -0.39 is 0 Å². The van der Waals surface area contributed by atoms with E-state index in [1.165, 1.54) is 0 Å². The van der Waals surface area contributed by atoms with Crippen LogP contribution in [0.4, 0.5) is 0 Å². The van der Waals surface area contributed by atoms with Crippen LogP contribution in [0.5, 0.6) is 0 Å². The molecular weight excluding hydrogens is 292 g/mol. The van der Waals surface area contributed by atoms with Gasteiger partial charge in [-0.2, -0.15) is 0 Å². The Kier molecular flexibility index (Phi) is 5.61. The monoisotopic (exact) mass is 322 g/mol. The van der Waals surface area contributed by atoms with E-state index in [1.54, 1.807) is 0 Å². The van der Waals surface area contributed by atoms with Crippen LogP contribution in [0.25, 0.3) is 0 Å². The Hall–Kier alpha value is -1.05. The molecular formula is C16H30N6O. The maximum Gasteiger partial charge on any atom is 0.168 e. The van der Waals surface area contributed by atoms with Gasteiger partial charge in [0.1, 0.15) is 0 Å². The Labute approximate surface area is 139 Å². The predicted molar refractivity (Wildman–Crippen MR) is 88.1 cm³/mol. The molecule has 0 aliphatic carbocycles. The third-order valence-corrected chi connectivity index (χ3v) is 4.93. The van der Waals surface area contributed by atoms with Gasteiger partial charge in [-0.25, -0.2) is 4.68 Å². The Balaban J connectivity index is 1.75. The Morgan fingerprint density at radius 3 is 2.65 bits per heavy atom. The zero-order valence-corrected chi connectivity index (χ0v) is 14.7. The van der Waals surface area contributed by atoms with Crippen LogP contribution >= 0.6 is 0 Å². The number of ether oxygens (including phenoxy) is 1. The zero-order chi connectivity index (χ0) is 16.2. The molecule has 130 valence electrons. The maximum absolute atomic E-state index is 5.76. The number of tetrazole rings is 1. The molecule has 1 aromatic heterocycles. The zero-order valence-electron chi connectivity index (χ0n) is 14.7. The molecule has 2 saturated heterocycles. The topological polar surface area (TPSA) is 59.3 Å². The van der Waals surface area contributed by atoms with Crippen LogP contribution < -0.4 is 0 Å². The highest BCUT2D eigenvalue weighted by atomic mass is 16.5. The van der Waals surface area contributed by atoms with E-state index in [-0.39, 0.29) is 6.10 Å². The van der Waals surface area contributed by atoms with E-state index in [0.29, 0.717) is 12.0 Å². The third kappa shape index (κ3) is 4.28. The fourth-order valence-electron chi connectivity index (χ4n) is 3.56. The van der Waals surface area contributed by atoms with Gasteiger partial charge in [-0.15, -0.1) is 5.10 Å². The second-order valence-electron chi connectivity index (χ2n) is 7.34. The van der Waals surface area contributed by atoms with Crippen LogP contribution in [0.1, 0.15) is 45.0 Å². The highest BCUT2D eigenvalue weighted by Crippen LogP contribution is 2.27. The summed E-state index contributed by atoms with van der Waals surface area (Å²) in [7, 11) is 2.19. The summed E-state index contributed by atoms with van der Waals surface area (Å²) in [6, 6.07) is 0.306. The molecule has 23 heavy (non-hydrogen) atoms. The standard InChI is InChI=1S/C16H30N6O/c1-13(2)11-15(21-8-6-20(3)7-9-21)16-17-18-19-22(16)12-14-5-4-10-23-14/h13-15H,4-12H2,1-3H3/t14-,15-/m0/s1. The summed E-state index contributed by atoms with van der Waals surface area (Å²) in [6.07, 6.45) is 3.62. The first-order valence-electron chi connectivity index (χ1n) is 8.93. The second-order valence-corrected chi connectivity index (χ2v) is 7.34. The normalized spacial score (nSPS) is 25.3. The third-order valence-electron chi connectivity index (χ3n) is 4.93. The number of piperazine rings is 1. The van der Waals surface area contributed by atoms with E-state index in [1.807, 2.05) is 4.68 Å². The van der Waals surface area contributed by atoms with Gasteiger partial charge in [0, 0.05) is 32.8 Å². The fourth-order valence-corrected chi connectivity index (χ4v) is 3.56. The molecule has 0 spiro atoms. The molecule has 0 aromatic carbocycles. The van der Waals surface area contributed by atoms with Gasteiger partial charge in [-0.05, 0) is 42.7 Å². The minimum Gasteiger partial charge on any atom is -0.376 e. The van der Waals surface area contributed by atoms with Crippen molar-refractivity contribution in [2.75, 3.05) is 39.8 Å². The predicted octanol–water partition coefficient (Wildman–Crippen LogP) is 1.19. The summed E-state index contributed by atoms with van der Waals surface area (Å²) in [4.78, 5) is 4.94. The van der Waals surface area contributed by atoms with E-state index >= 15 is 0 Å². The average molecular weight is 322 g/mol. The van der Waals surface area contributed by atoms with Crippen molar-refractivity contribution in [1.82, 2.24) is 30.0 Å². The van der Waals surface area contributed by atoms with Crippen LogP contribution in [-0.4, -0.2) is 75.9 Å². The van der Waals surface area contributed by atoms with Gasteiger partial charge >= 0.3 is 0 Å². The lowest BCUT2D eigenvalue weighted by molar-refractivity contribution is 0.0789. The number of hydrogen-bond acceptors (Lipinski definition) is 6. The number of likely N-dealkylation sites (N-methyl/N-ethyl adjacent to an activating group) is 1. The van der Waals surface area contributed by atoms with Gasteiger partial charge < -0.3 is 9.64 Å². The van der Waals surface area contributed by atoms with Crippen molar-refractivity contribution >= 4 is 0 Å². The number of aromatic nitrogens is 4. The molecule has 0 radical (unpaired) electrons. The molecule has 7 heteroatoms. The van der Waals surface area contributed by atoms with Crippen LogP contribution in [0.2, 0.25) is 0 Å². The van der Waals surface area contributed by atoms with Crippen LogP contribution in [0.15, 0.2) is 0 Å².